The summed E-state index contributed by atoms with van der Waals surface area (Å²) < 4.78 is 41.0. The molecule has 1 aliphatic heterocycles. The molecule has 30 heavy (non-hydrogen) atoms. The average molecular weight is 439 g/mol. The van der Waals surface area contributed by atoms with Crippen LogP contribution in [0.2, 0.25) is 0 Å². The number of carbonyl (C=O) groups is 1. The summed E-state index contributed by atoms with van der Waals surface area (Å²) in [6.45, 7) is 3.43. The van der Waals surface area contributed by atoms with Crippen molar-refractivity contribution in [3.8, 4) is 0 Å². The van der Waals surface area contributed by atoms with Gasteiger partial charge in [0.1, 0.15) is 10.3 Å². The molecule has 162 valence electrons. The van der Waals surface area contributed by atoms with Crippen molar-refractivity contribution in [2.45, 2.75) is 26.6 Å². The number of H-pyrrole nitrogens is 1. The van der Waals surface area contributed by atoms with Gasteiger partial charge in [-0.2, -0.15) is 13.2 Å². The Bertz CT molecular complexity index is 990. The maximum absolute atomic E-state index is 13.7. The second-order valence-electron chi connectivity index (χ2n) is 7.42. The number of carbonyl (C=O) groups excluding carboxylic acids is 1. The van der Waals surface area contributed by atoms with Crippen molar-refractivity contribution < 1.29 is 18.0 Å². The van der Waals surface area contributed by atoms with E-state index in [0.717, 1.165) is 37.1 Å². The first-order valence-electron chi connectivity index (χ1n) is 9.35. The van der Waals surface area contributed by atoms with Gasteiger partial charge in [0.05, 0.1) is 16.8 Å². The Balaban J connectivity index is 0.00000256. The molecule has 0 bridgehead atoms. The zero-order valence-corrected chi connectivity index (χ0v) is 16.7. The molecule has 4 rings (SSSR count). The molecule has 1 N–H and O–H groups in total. The van der Waals surface area contributed by atoms with Gasteiger partial charge >= 0.3 is 6.18 Å². The molecule has 3 heterocycles. The summed E-state index contributed by atoms with van der Waals surface area (Å²) in [5, 5.41) is 0. The molecular formula is C21H25F3N4OS. The number of alkyl halides is 3. The topological polar surface area (TPSA) is 52.2 Å². The fraction of sp³-hybridized carbons (Fsp3) is 0.429. The van der Waals surface area contributed by atoms with E-state index in [1.807, 2.05) is 11.9 Å². The largest absolute Gasteiger partial charge is 0.416 e. The number of halogens is 3. The number of hydrogen-bond donors (Lipinski definition) is 1. The molecule has 5 nitrogen and oxygen atoms in total. The van der Waals surface area contributed by atoms with Crippen molar-refractivity contribution in [1.82, 2.24) is 19.8 Å². The number of aromatic amines is 1. The van der Waals surface area contributed by atoms with Crippen LogP contribution in [-0.4, -0.2) is 58.8 Å². The van der Waals surface area contributed by atoms with Gasteiger partial charge in [-0.05, 0) is 30.3 Å². The maximum atomic E-state index is 13.7. The Morgan fingerprint density at radius 3 is 2.60 bits per heavy atom. The summed E-state index contributed by atoms with van der Waals surface area (Å²) >= 11 is 1.38. The molecule has 1 saturated heterocycles. The fourth-order valence-corrected chi connectivity index (χ4v) is 4.23. The number of likely N-dealkylation sites (N-methyl/N-ethyl adjacent to an activating group) is 1. The quantitative estimate of drug-likeness (QED) is 0.598. The number of hydrogen-bond acceptors (Lipinski definition) is 5. The van der Waals surface area contributed by atoms with E-state index in [1.165, 1.54) is 17.4 Å². The van der Waals surface area contributed by atoms with Gasteiger partial charge in [-0.25, -0.2) is 4.98 Å². The number of thiazole rings is 1. The highest BCUT2D eigenvalue weighted by Crippen LogP contribution is 2.34. The number of ketones is 1. The lowest BCUT2D eigenvalue weighted by atomic mass is 9.99. The van der Waals surface area contributed by atoms with Gasteiger partial charge in [0.15, 0.2) is 5.78 Å². The van der Waals surface area contributed by atoms with Gasteiger partial charge in [0, 0.05) is 39.1 Å². The highest BCUT2D eigenvalue weighted by atomic mass is 32.1. The molecule has 1 fully saturated rings. The second kappa shape index (κ2) is 8.87. The zero-order valence-electron chi connectivity index (χ0n) is 15.9. The Labute approximate surface area is 177 Å². The van der Waals surface area contributed by atoms with Crippen molar-refractivity contribution >= 4 is 27.5 Å². The van der Waals surface area contributed by atoms with Gasteiger partial charge < -0.3 is 9.88 Å². The summed E-state index contributed by atoms with van der Waals surface area (Å²) in [5.74, 6) is -0.254. The number of benzene rings is 1. The summed E-state index contributed by atoms with van der Waals surface area (Å²) in [5.41, 5.74) is 2.68. The Hall–Kier alpha value is -2.23. The molecule has 0 radical (unpaired) electrons. The number of piperazine rings is 1. The van der Waals surface area contributed by atoms with Crippen LogP contribution in [0, 0.1) is 0 Å². The van der Waals surface area contributed by atoms with Crippen molar-refractivity contribution in [2.75, 3.05) is 33.2 Å². The smallest absolute Gasteiger partial charge is 0.342 e. The lowest BCUT2D eigenvalue weighted by Crippen LogP contribution is -2.44. The maximum Gasteiger partial charge on any atom is 0.416 e. The molecule has 3 aromatic rings. The Morgan fingerprint density at radius 1 is 1.20 bits per heavy atom. The molecule has 0 unspecified atom stereocenters. The van der Waals surface area contributed by atoms with Gasteiger partial charge in [-0.3, -0.25) is 9.69 Å². The number of rotatable bonds is 5. The van der Waals surface area contributed by atoms with Gasteiger partial charge in [-0.1, -0.05) is 19.6 Å². The number of nitrogens with one attached hydrogen (secondary N) is 1. The third kappa shape index (κ3) is 4.91. The molecule has 0 saturated carbocycles. The first-order chi connectivity index (χ1) is 13.8. The van der Waals surface area contributed by atoms with E-state index in [4.69, 9.17) is 0 Å². The molecular weight excluding hydrogens is 413 g/mol. The molecule has 0 atom stereocenters. The zero-order chi connectivity index (χ0) is 20.6. The van der Waals surface area contributed by atoms with Crippen molar-refractivity contribution in [2.24, 2.45) is 0 Å². The van der Waals surface area contributed by atoms with Gasteiger partial charge in [0.2, 0.25) is 0 Å². The van der Waals surface area contributed by atoms with Crippen LogP contribution in [0.25, 0.3) is 10.3 Å². The molecule has 0 amide bonds. The molecule has 0 aliphatic carbocycles. The molecule has 1 aromatic carbocycles. The van der Waals surface area contributed by atoms with Gasteiger partial charge in [0.25, 0.3) is 0 Å². The number of Topliss-reactive ketones (excluding diaryl/α,β-unsaturated/α-hetero) is 1. The number of aromatic nitrogens is 2. The van der Waals surface area contributed by atoms with Crippen molar-refractivity contribution in [3.05, 3.63) is 52.2 Å². The molecule has 9 heteroatoms. The van der Waals surface area contributed by atoms with Crippen LogP contribution >= 0.6 is 11.3 Å². The number of nitrogens with zero attached hydrogens (tertiary/aromatic N) is 3. The highest BCUT2D eigenvalue weighted by Gasteiger charge is 2.34. The first-order valence-corrected chi connectivity index (χ1v) is 10.2. The van der Waals surface area contributed by atoms with E-state index in [2.05, 4.69) is 14.9 Å². The number of fused-ring (bicyclic) bond motifs is 1. The highest BCUT2D eigenvalue weighted by molar-refractivity contribution is 7.16. The van der Waals surface area contributed by atoms with Crippen molar-refractivity contribution in [1.29, 1.82) is 0 Å². The first kappa shape index (κ1) is 22.5. The van der Waals surface area contributed by atoms with Crippen LogP contribution in [0.3, 0.4) is 0 Å². The summed E-state index contributed by atoms with van der Waals surface area (Å²) in [7, 11) is 2.01. The third-order valence-electron chi connectivity index (χ3n) is 5.26. The van der Waals surface area contributed by atoms with Gasteiger partial charge in [-0.15, -0.1) is 11.3 Å². The van der Waals surface area contributed by atoms with Crippen molar-refractivity contribution in [3.63, 3.8) is 0 Å². The second-order valence-corrected chi connectivity index (χ2v) is 8.27. The summed E-state index contributed by atoms with van der Waals surface area (Å²) in [6.07, 6.45) is -4.55. The Kier molecular flexibility index (Phi) is 6.64. The summed E-state index contributed by atoms with van der Waals surface area (Å²) in [4.78, 5) is 24.6. The normalized spacial score (nSPS) is 16.0. The van der Waals surface area contributed by atoms with E-state index in [0.29, 0.717) is 16.8 Å². The van der Waals surface area contributed by atoms with Crippen LogP contribution in [0.4, 0.5) is 13.2 Å². The van der Waals surface area contributed by atoms with E-state index in [1.54, 1.807) is 17.6 Å². The van der Waals surface area contributed by atoms with E-state index < -0.39 is 11.7 Å². The molecule has 2 aromatic heterocycles. The van der Waals surface area contributed by atoms with Crippen LogP contribution in [0.1, 0.15) is 34.6 Å². The predicted molar refractivity (Wildman–Crippen MR) is 113 cm³/mol. The van der Waals surface area contributed by atoms with Crippen LogP contribution in [0.5, 0.6) is 0 Å². The molecule has 0 spiro atoms. The average Bonchev–Trinajstić information content (AvgIpc) is 3.26. The SMILES string of the molecule is C.CN1CCN(Cc2ccc(CC(=O)c3cc4ncsc4[nH]3)cc2C(F)(F)F)CC1. The standard InChI is InChI=1S/C20H21F3N4OS.CH4/c1-26-4-6-27(7-5-26)11-14-3-2-13(8-15(14)20(21,22)23)9-18(28)16-10-17-19(25-16)29-12-24-17;/h2-3,8,10,12,25H,4-7,9,11H2,1H3;1H4. The minimum atomic E-state index is -4.46. The lowest BCUT2D eigenvalue weighted by molar-refractivity contribution is -0.138. The van der Waals surface area contributed by atoms with E-state index in [9.17, 15) is 18.0 Å². The van der Waals surface area contributed by atoms with Crippen LogP contribution in [0.15, 0.2) is 29.8 Å². The monoisotopic (exact) mass is 438 g/mol. The minimum absolute atomic E-state index is 0. The van der Waals surface area contributed by atoms with E-state index in [-0.39, 0.29) is 31.7 Å². The predicted octanol–water partition coefficient (Wildman–Crippen LogP) is 4.45. The fourth-order valence-electron chi connectivity index (χ4n) is 3.56. The Morgan fingerprint density at radius 2 is 1.93 bits per heavy atom. The molecule has 1 aliphatic rings. The van der Waals surface area contributed by atoms with Crippen LogP contribution in [-0.2, 0) is 19.1 Å². The van der Waals surface area contributed by atoms with E-state index >= 15 is 0 Å². The lowest BCUT2D eigenvalue weighted by Gasteiger charge is -2.33. The summed E-state index contributed by atoms with van der Waals surface area (Å²) in [6, 6.07) is 5.90. The third-order valence-corrected chi connectivity index (χ3v) is 6.02. The van der Waals surface area contributed by atoms with Crippen LogP contribution < -0.4 is 0 Å². The minimum Gasteiger partial charge on any atom is -0.342 e.